The smallest absolute Gasteiger partial charge is 0.258 e. The molecule has 0 saturated carbocycles. The van der Waals surface area contributed by atoms with Gasteiger partial charge in [-0.1, -0.05) is 46.1 Å². The molecule has 0 fully saturated rings. The van der Waals surface area contributed by atoms with Crippen molar-refractivity contribution in [3.05, 3.63) is 44.5 Å². The van der Waals surface area contributed by atoms with Gasteiger partial charge in [0.15, 0.2) is 0 Å². The summed E-state index contributed by atoms with van der Waals surface area (Å²) in [4.78, 5) is 10.2. The summed E-state index contributed by atoms with van der Waals surface area (Å²) in [7, 11) is 0. The van der Waals surface area contributed by atoms with Gasteiger partial charge in [-0.15, -0.1) is 0 Å². The summed E-state index contributed by atoms with van der Waals surface area (Å²) < 4.78 is 0. The van der Waals surface area contributed by atoms with Gasteiger partial charge < -0.3 is 0 Å². The van der Waals surface area contributed by atoms with Gasteiger partial charge in [0, 0.05) is 22.5 Å². The highest BCUT2D eigenvalue weighted by molar-refractivity contribution is 9.09. The normalized spacial score (nSPS) is 11.6. The van der Waals surface area contributed by atoms with Crippen molar-refractivity contribution < 1.29 is 4.92 Å². The molecule has 3 nitrogen and oxygen atoms in total. The van der Waals surface area contributed by atoms with Crippen LogP contribution in [0.25, 0.3) is 6.08 Å². The lowest BCUT2D eigenvalue weighted by molar-refractivity contribution is -0.384. The van der Waals surface area contributed by atoms with Gasteiger partial charge in [0.05, 0.1) is 4.92 Å². The molecule has 5 heteroatoms. The van der Waals surface area contributed by atoms with Crippen molar-refractivity contribution >= 4 is 39.3 Å². The van der Waals surface area contributed by atoms with Crippen LogP contribution in [0, 0.1) is 10.1 Å². The lowest BCUT2D eigenvalue weighted by Crippen LogP contribution is -1.89. The Kier molecular flexibility index (Phi) is 4.96. The standard InChI is InChI=1S/C11H11BrClNO2/c1-2-8(7-12)5-9-6-10(14(15)16)3-4-11(9)13/h3-6H,2,7H2,1H3. The first kappa shape index (κ1) is 13.2. The molecule has 0 aliphatic heterocycles. The van der Waals surface area contributed by atoms with Crippen LogP contribution >= 0.6 is 27.5 Å². The van der Waals surface area contributed by atoms with Crippen molar-refractivity contribution in [2.75, 3.05) is 5.33 Å². The van der Waals surface area contributed by atoms with Crippen LogP contribution in [-0.4, -0.2) is 10.3 Å². The fourth-order valence-electron chi connectivity index (χ4n) is 1.21. The van der Waals surface area contributed by atoms with Gasteiger partial charge >= 0.3 is 0 Å². The Hall–Kier alpha value is -0.870. The SMILES string of the molecule is CCC(=Cc1cc([N+](=O)[O-])ccc1Cl)CBr. The molecular formula is C11H11BrClNO2. The molecular weight excluding hydrogens is 293 g/mol. The molecule has 0 atom stereocenters. The number of hydrogen-bond donors (Lipinski definition) is 0. The van der Waals surface area contributed by atoms with Crippen LogP contribution in [0.5, 0.6) is 0 Å². The number of nitrogens with zero attached hydrogens (tertiary/aromatic N) is 1. The number of halogens is 2. The lowest BCUT2D eigenvalue weighted by atomic mass is 10.1. The summed E-state index contributed by atoms with van der Waals surface area (Å²) in [5, 5.41) is 11.9. The Bertz CT molecular complexity index is 426. The first-order valence-electron chi connectivity index (χ1n) is 4.77. The third kappa shape index (κ3) is 3.32. The number of non-ortho nitro benzene ring substituents is 1. The number of hydrogen-bond acceptors (Lipinski definition) is 2. The molecule has 1 aromatic carbocycles. The van der Waals surface area contributed by atoms with E-state index in [0.717, 1.165) is 17.3 Å². The average molecular weight is 305 g/mol. The van der Waals surface area contributed by atoms with Crippen molar-refractivity contribution in [2.45, 2.75) is 13.3 Å². The third-order valence-corrected chi connectivity index (χ3v) is 3.24. The van der Waals surface area contributed by atoms with E-state index in [2.05, 4.69) is 15.9 Å². The number of nitro groups is 1. The van der Waals surface area contributed by atoms with E-state index in [4.69, 9.17) is 11.6 Å². The summed E-state index contributed by atoms with van der Waals surface area (Å²) in [5.74, 6) is 0. The van der Waals surface area contributed by atoms with Crippen LogP contribution in [-0.2, 0) is 0 Å². The van der Waals surface area contributed by atoms with Crippen LogP contribution in [0.4, 0.5) is 5.69 Å². The molecule has 0 aliphatic carbocycles. The van der Waals surface area contributed by atoms with E-state index < -0.39 is 4.92 Å². The molecule has 0 aromatic heterocycles. The van der Waals surface area contributed by atoms with E-state index in [0.29, 0.717) is 10.6 Å². The topological polar surface area (TPSA) is 43.1 Å². The molecule has 0 saturated heterocycles. The van der Waals surface area contributed by atoms with Gasteiger partial charge in [0.25, 0.3) is 5.69 Å². The van der Waals surface area contributed by atoms with Crippen LogP contribution in [0.3, 0.4) is 0 Å². The van der Waals surface area contributed by atoms with E-state index >= 15 is 0 Å². The predicted molar refractivity (Wildman–Crippen MR) is 70.2 cm³/mol. The van der Waals surface area contributed by atoms with E-state index in [9.17, 15) is 10.1 Å². The van der Waals surface area contributed by atoms with Gasteiger partial charge in [-0.25, -0.2) is 0 Å². The maximum atomic E-state index is 10.6. The lowest BCUT2D eigenvalue weighted by Gasteiger charge is -2.02. The molecule has 0 bridgehead atoms. The molecule has 0 aliphatic rings. The van der Waals surface area contributed by atoms with Crippen LogP contribution in [0.15, 0.2) is 23.8 Å². The highest BCUT2D eigenvalue weighted by atomic mass is 79.9. The molecule has 86 valence electrons. The highest BCUT2D eigenvalue weighted by Crippen LogP contribution is 2.25. The fourth-order valence-corrected chi connectivity index (χ4v) is 1.94. The molecule has 16 heavy (non-hydrogen) atoms. The minimum Gasteiger partial charge on any atom is -0.258 e. The number of benzene rings is 1. The Labute approximate surface area is 107 Å². The number of allylic oxidation sites excluding steroid dienone is 1. The fraction of sp³-hybridized carbons (Fsp3) is 0.273. The zero-order chi connectivity index (χ0) is 12.1. The van der Waals surface area contributed by atoms with Gasteiger partial charge in [0.1, 0.15) is 0 Å². The zero-order valence-electron chi connectivity index (χ0n) is 8.74. The largest absolute Gasteiger partial charge is 0.270 e. The van der Waals surface area contributed by atoms with Crippen molar-refractivity contribution in [1.82, 2.24) is 0 Å². The summed E-state index contributed by atoms with van der Waals surface area (Å²) in [5.41, 5.74) is 1.88. The Morgan fingerprint density at radius 2 is 2.31 bits per heavy atom. The summed E-state index contributed by atoms with van der Waals surface area (Å²) >= 11 is 9.34. The van der Waals surface area contributed by atoms with Gasteiger partial charge in [0.2, 0.25) is 0 Å². The molecule has 0 N–H and O–H groups in total. The minimum atomic E-state index is -0.423. The predicted octanol–water partition coefficient (Wildman–Crippen LogP) is 4.44. The second-order valence-corrected chi connectivity index (χ2v) is 4.22. The maximum absolute atomic E-state index is 10.6. The van der Waals surface area contributed by atoms with Gasteiger partial charge in [-0.3, -0.25) is 10.1 Å². The van der Waals surface area contributed by atoms with Gasteiger partial charge in [-0.2, -0.15) is 0 Å². The van der Waals surface area contributed by atoms with Crippen LogP contribution < -0.4 is 0 Å². The zero-order valence-corrected chi connectivity index (χ0v) is 11.1. The van der Waals surface area contributed by atoms with Crippen LogP contribution in [0.2, 0.25) is 5.02 Å². The second-order valence-electron chi connectivity index (χ2n) is 3.25. The summed E-state index contributed by atoms with van der Waals surface area (Å²) in [6.07, 6.45) is 2.76. The molecule has 0 spiro atoms. The molecule has 1 rings (SSSR count). The summed E-state index contributed by atoms with van der Waals surface area (Å²) in [6.45, 7) is 2.03. The molecule has 0 unspecified atom stereocenters. The molecule has 0 heterocycles. The van der Waals surface area contributed by atoms with Crippen molar-refractivity contribution in [1.29, 1.82) is 0 Å². The molecule has 1 aromatic rings. The second kappa shape index (κ2) is 6.01. The number of nitro benzene ring substituents is 1. The van der Waals surface area contributed by atoms with Crippen LogP contribution in [0.1, 0.15) is 18.9 Å². The average Bonchev–Trinajstić information content (AvgIpc) is 2.27. The number of alkyl halides is 1. The molecule has 0 radical (unpaired) electrons. The maximum Gasteiger partial charge on any atom is 0.270 e. The van der Waals surface area contributed by atoms with E-state index in [1.807, 2.05) is 13.0 Å². The van der Waals surface area contributed by atoms with E-state index in [1.165, 1.54) is 12.1 Å². The highest BCUT2D eigenvalue weighted by Gasteiger charge is 2.08. The van der Waals surface area contributed by atoms with Crippen molar-refractivity contribution in [3.63, 3.8) is 0 Å². The first-order chi connectivity index (χ1) is 7.58. The minimum absolute atomic E-state index is 0.0562. The first-order valence-corrected chi connectivity index (χ1v) is 6.27. The molecule has 0 amide bonds. The van der Waals surface area contributed by atoms with E-state index in [1.54, 1.807) is 6.07 Å². The Balaban J connectivity index is 3.16. The third-order valence-electron chi connectivity index (χ3n) is 2.18. The van der Waals surface area contributed by atoms with Gasteiger partial charge in [-0.05, 0) is 18.1 Å². The summed E-state index contributed by atoms with van der Waals surface area (Å²) in [6, 6.07) is 4.44. The van der Waals surface area contributed by atoms with Crippen molar-refractivity contribution in [3.8, 4) is 0 Å². The Morgan fingerprint density at radius 3 is 2.81 bits per heavy atom. The number of rotatable bonds is 4. The monoisotopic (exact) mass is 303 g/mol. The van der Waals surface area contributed by atoms with Crippen molar-refractivity contribution in [2.24, 2.45) is 0 Å². The quantitative estimate of drug-likeness (QED) is 0.469. The Morgan fingerprint density at radius 1 is 1.62 bits per heavy atom. The van der Waals surface area contributed by atoms with E-state index in [-0.39, 0.29) is 5.69 Å².